The van der Waals surface area contributed by atoms with Crippen LogP contribution in [0.5, 0.6) is 0 Å². The van der Waals surface area contributed by atoms with Crippen LogP contribution in [0, 0.1) is 0 Å². The maximum absolute atomic E-state index is 5.51. The highest BCUT2D eigenvalue weighted by atomic mass is 16.5. The monoisotopic (exact) mass is 263 g/mol. The predicted octanol–water partition coefficient (Wildman–Crippen LogP) is 1.25. The van der Waals surface area contributed by atoms with Crippen molar-refractivity contribution >= 4 is 11.6 Å². The van der Waals surface area contributed by atoms with E-state index in [1.54, 1.807) is 7.11 Å². The fourth-order valence-electron chi connectivity index (χ4n) is 2.55. The van der Waals surface area contributed by atoms with Gasteiger partial charge in [-0.05, 0) is 25.7 Å². The number of nitrogens with zero attached hydrogens (tertiary/aromatic N) is 3. The SMILES string of the molecule is COC1CCCN(c2cc(NN)nc(C3CC3)n2)C1. The van der Waals surface area contributed by atoms with E-state index in [0.29, 0.717) is 17.8 Å². The molecule has 3 N–H and O–H groups in total. The lowest BCUT2D eigenvalue weighted by Crippen LogP contribution is -2.39. The number of nitrogen functional groups attached to an aromatic ring is 1. The number of hydrogen-bond donors (Lipinski definition) is 2. The maximum Gasteiger partial charge on any atom is 0.145 e. The minimum absolute atomic E-state index is 0.294. The Hall–Kier alpha value is -1.40. The van der Waals surface area contributed by atoms with Crippen molar-refractivity contribution in [1.82, 2.24) is 9.97 Å². The second-order valence-corrected chi connectivity index (χ2v) is 5.33. The van der Waals surface area contributed by atoms with Crippen LogP contribution in [-0.2, 0) is 4.74 Å². The van der Waals surface area contributed by atoms with E-state index in [1.165, 1.54) is 12.8 Å². The zero-order valence-electron chi connectivity index (χ0n) is 11.3. The fraction of sp³-hybridized carbons (Fsp3) is 0.692. The number of nitrogens with two attached hydrogens (primary N) is 1. The number of ether oxygens (including phenoxy) is 1. The van der Waals surface area contributed by atoms with E-state index in [0.717, 1.165) is 37.6 Å². The molecule has 1 aliphatic carbocycles. The van der Waals surface area contributed by atoms with Crippen molar-refractivity contribution in [2.75, 3.05) is 30.5 Å². The maximum atomic E-state index is 5.51. The van der Waals surface area contributed by atoms with Gasteiger partial charge in [0.15, 0.2) is 0 Å². The van der Waals surface area contributed by atoms with Gasteiger partial charge >= 0.3 is 0 Å². The van der Waals surface area contributed by atoms with Crippen LogP contribution in [0.4, 0.5) is 11.6 Å². The molecule has 104 valence electrons. The molecule has 2 fully saturated rings. The van der Waals surface area contributed by atoms with Gasteiger partial charge in [0.25, 0.3) is 0 Å². The number of hydrogen-bond acceptors (Lipinski definition) is 6. The second-order valence-electron chi connectivity index (χ2n) is 5.33. The number of piperidine rings is 1. The van der Waals surface area contributed by atoms with Crippen LogP contribution < -0.4 is 16.2 Å². The van der Waals surface area contributed by atoms with Crippen molar-refractivity contribution in [2.45, 2.75) is 37.7 Å². The molecule has 1 atom stereocenters. The molecular formula is C13H21N5O. The summed E-state index contributed by atoms with van der Waals surface area (Å²) >= 11 is 0. The van der Waals surface area contributed by atoms with Gasteiger partial charge in [0.1, 0.15) is 17.5 Å². The third-order valence-electron chi connectivity index (χ3n) is 3.86. The molecule has 6 heteroatoms. The van der Waals surface area contributed by atoms with Gasteiger partial charge in [-0.1, -0.05) is 0 Å². The third-order valence-corrected chi connectivity index (χ3v) is 3.86. The molecule has 1 unspecified atom stereocenters. The molecule has 3 rings (SSSR count). The van der Waals surface area contributed by atoms with Crippen molar-refractivity contribution in [3.63, 3.8) is 0 Å². The number of hydrazine groups is 1. The highest BCUT2D eigenvalue weighted by Gasteiger charge is 2.29. The Morgan fingerprint density at radius 1 is 1.37 bits per heavy atom. The topological polar surface area (TPSA) is 76.3 Å². The first-order chi connectivity index (χ1) is 9.30. The van der Waals surface area contributed by atoms with Crippen LogP contribution in [-0.4, -0.2) is 36.3 Å². The first kappa shape index (κ1) is 12.6. The average molecular weight is 263 g/mol. The Bertz CT molecular complexity index is 449. The molecule has 1 aliphatic heterocycles. The summed E-state index contributed by atoms with van der Waals surface area (Å²) in [5, 5.41) is 0. The van der Waals surface area contributed by atoms with Gasteiger partial charge in [0, 0.05) is 32.2 Å². The first-order valence-corrected chi connectivity index (χ1v) is 6.93. The summed E-state index contributed by atoms with van der Waals surface area (Å²) in [6.07, 6.45) is 4.92. The van der Waals surface area contributed by atoms with Crippen molar-refractivity contribution in [3.05, 3.63) is 11.9 Å². The number of aromatic nitrogens is 2. The Balaban J connectivity index is 1.84. The Kier molecular flexibility index (Phi) is 3.52. The minimum Gasteiger partial charge on any atom is -0.380 e. The van der Waals surface area contributed by atoms with Gasteiger partial charge in [-0.25, -0.2) is 15.8 Å². The van der Waals surface area contributed by atoms with Crippen LogP contribution in [0.15, 0.2) is 6.07 Å². The zero-order chi connectivity index (χ0) is 13.2. The largest absolute Gasteiger partial charge is 0.380 e. The quantitative estimate of drug-likeness (QED) is 0.629. The number of rotatable bonds is 4. The van der Waals surface area contributed by atoms with Crippen LogP contribution in [0.2, 0.25) is 0 Å². The van der Waals surface area contributed by atoms with Gasteiger partial charge in [-0.3, -0.25) is 0 Å². The molecule has 1 aromatic heterocycles. The van der Waals surface area contributed by atoms with Gasteiger partial charge in [-0.2, -0.15) is 0 Å². The van der Waals surface area contributed by atoms with Crippen LogP contribution in [0.3, 0.4) is 0 Å². The van der Waals surface area contributed by atoms with E-state index in [1.807, 2.05) is 6.07 Å². The highest BCUT2D eigenvalue weighted by molar-refractivity contribution is 5.49. The lowest BCUT2D eigenvalue weighted by atomic mass is 10.1. The Labute approximate surface area is 113 Å². The molecule has 2 aliphatic rings. The lowest BCUT2D eigenvalue weighted by Gasteiger charge is -2.33. The molecule has 0 aromatic carbocycles. The second kappa shape index (κ2) is 5.30. The Morgan fingerprint density at radius 2 is 2.21 bits per heavy atom. The molecule has 1 aromatic rings. The van der Waals surface area contributed by atoms with Crippen LogP contribution >= 0.6 is 0 Å². The van der Waals surface area contributed by atoms with Crippen molar-refractivity contribution in [2.24, 2.45) is 5.84 Å². The summed E-state index contributed by atoms with van der Waals surface area (Å²) in [5.41, 5.74) is 2.65. The number of nitrogens with one attached hydrogen (secondary N) is 1. The van der Waals surface area contributed by atoms with Gasteiger partial charge in [-0.15, -0.1) is 0 Å². The summed E-state index contributed by atoms with van der Waals surface area (Å²) in [6, 6.07) is 1.92. The van der Waals surface area contributed by atoms with E-state index in [9.17, 15) is 0 Å². The van der Waals surface area contributed by atoms with Crippen LogP contribution in [0.25, 0.3) is 0 Å². The van der Waals surface area contributed by atoms with Gasteiger partial charge in [0.05, 0.1) is 6.10 Å². The molecule has 6 nitrogen and oxygen atoms in total. The van der Waals surface area contributed by atoms with E-state index >= 15 is 0 Å². The van der Waals surface area contributed by atoms with Gasteiger partial charge < -0.3 is 15.1 Å². The molecule has 0 bridgehead atoms. The van der Waals surface area contributed by atoms with E-state index in [-0.39, 0.29) is 0 Å². The Morgan fingerprint density at radius 3 is 2.89 bits per heavy atom. The van der Waals surface area contributed by atoms with Crippen LogP contribution in [0.1, 0.15) is 37.4 Å². The van der Waals surface area contributed by atoms with Crippen molar-refractivity contribution < 1.29 is 4.74 Å². The molecule has 1 saturated carbocycles. The predicted molar refractivity (Wildman–Crippen MR) is 74.1 cm³/mol. The number of methoxy groups -OCH3 is 1. The van der Waals surface area contributed by atoms with Crippen molar-refractivity contribution in [1.29, 1.82) is 0 Å². The summed E-state index contributed by atoms with van der Waals surface area (Å²) in [6.45, 7) is 1.91. The summed E-state index contributed by atoms with van der Waals surface area (Å²) < 4.78 is 5.46. The van der Waals surface area contributed by atoms with Crippen molar-refractivity contribution in [3.8, 4) is 0 Å². The number of anilines is 2. The highest BCUT2D eigenvalue weighted by Crippen LogP contribution is 2.39. The fourth-order valence-corrected chi connectivity index (χ4v) is 2.55. The molecule has 0 spiro atoms. The average Bonchev–Trinajstić information content (AvgIpc) is 3.31. The molecule has 0 radical (unpaired) electrons. The molecule has 1 saturated heterocycles. The normalized spacial score (nSPS) is 23.5. The molecule has 0 amide bonds. The van der Waals surface area contributed by atoms with E-state index in [4.69, 9.17) is 15.6 Å². The zero-order valence-corrected chi connectivity index (χ0v) is 11.3. The van der Waals surface area contributed by atoms with E-state index in [2.05, 4.69) is 15.3 Å². The first-order valence-electron chi connectivity index (χ1n) is 6.93. The minimum atomic E-state index is 0.294. The summed E-state index contributed by atoms with van der Waals surface area (Å²) in [4.78, 5) is 11.4. The summed E-state index contributed by atoms with van der Waals surface area (Å²) in [5.74, 6) is 8.62. The molecule has 2 heterocycles. The third kappa shape index (κ3) is 2.79. The molecule has 19 heavy (non-hydrogen) atoms. The van der Waals surface area contributed by atoms with E-state index < -0.39 is 0 Å². The smallest absolute Gasteiger partial charge is 0.145 e. The summed E-state index contributed by atoms with van der Waals surface area (Å²) in [7, 11) is 1.77. The van der Waals surface area contributed by atoms with Gasteiger partial charge in [0.2, 0.25) is 0 Å². The lowest BCUT2D eigenvalue weighted by molar-refractivity contribution is 0.0891. The standard InChI is InChI=1S/C13H21N5O/c1-19-10-3-2-6-18(8-10)12-7-11(17-14)15-13(16-12)9-4-5-9/h7,9-10H,2-6,8,14H2,1H3,(H,15,16,17). The molecular weight excluding hydrogens is 242 g/mol.